The van der Waals surface area contributed by atoms with E-state index >= 15 is 0 Å². The Balaban J connectivity index is 1.36. The van der Waals surface area contributed by atoms with Gasteiger partial charge in [-0.2, -0.15) is 0 Å². The molecule has 0 N–H and O–H groups in total. The highest BCUT2D eigenvalue weighted by Gasteiger charge is 2.23. The van der Waals surface area contributed by atoms with Crippen molar-refractivity contribution in [2.45, 2.75) is 25.8 Å². The average Bonchev–Trinajstić information content (AvgIpc) is 2.75. The fourth-order valence-corrected chi connectivity index (χ4v) is 3.83. The molecule has 0 unspecified atom stereocenters. The van der Waals surface area contributed by atoms with E-state index in [4.69, 9.17) is 0 Å². The van der Waals surface area contributed by atoms with Gasteiger partial charge in [-0.3, -0.25) is 9.69 Å². The maximum absolute atomic E-state index is 12.7. The molecule has 2 saturated heterocycles. The number of hydrogen-bond acceptors (Lipinski definition) is 5. The van der Waals surface area contributed by atoms with Gasteiger partial charge < -0.3 is 9.80 Å². The Morgan fingerprint density at radius 1 is 0.889 bits per heavy atom. The molecule has 2 aliphatic heterocycles. The molecule has 2 aliphatic rings. The molecular formula is C21H27N5O. The lowest BCUT2D eigenvalue weighted by Crippen LogP contribution is -2.46. The summed E-state index contributed by atoms with van der Waals surface area (Å²) in [5.41, 5.74) is 1.87. The van der Waals surface area contributed by atoms with E-state index in [1.54, 1.807) is 12.3 Å². The molecule has 6 heteroatoms. The third-order valence-corrected chi connectivity index (χ3v) is 5.41. The van der Waals surface area contributed by atoms with Gasteiger partial charge in [0.15, 0.2) is 0 Å². The number of carbonyl (C=O) groups excluding carboxylic acids is 1. The number of hydrogen-bond donors (Lipinski definition) is 0. The number of piperidine rings is 1. The minimum absolute atomic E-state index is 0.0427. The zero-order valence-electron chi connectivity index (χ0n) is 15.8. The van der Waals surface area contributed by atoms with Crippen LogP contribution in [0.25, 0.3) is 0 Å². The fraction of sp³-hybridized carbons (Fsp3) is 0.476. The number of benzene rings is 1. The summed E-state index contributed by atoms with van der Waals surface area (Å²) in [4.78, 5) is 28.3. The number of carbonyl (C=O) groups is 1. The Morgan fingerprint density at radius 2 is 1.63 bits per heavy atom. The summed E-state index contributed by atoms with van der Waals surface area (Å²) in [6.45, 7) is 6.38. The van der Waals surface area contributed by atoms with Crippen molar-refractivity contribution in [1.82, 2.24) is 19.8 Å². The molecule has 2 fully saturated rings. The van der Waals surface area contributed by atoms with Gasteiger partial charge in [-0.15, -0.1) is 0 Å². The van der Waals surface area contributed by atoms with Crippen LogP contribution in [0.4, 0.5) is 5.95 Å². The minimum Gasteiger partial charge on any atom is -0.338 e. The summed E-state index contributed by atoms with van der Waals surface area (Å²) in [5, 5.41) is 0. The number of amides is 1. The average molecular weight is 365 g/mol. The molecule has 0 radical (unpaired) electrons. The van der Waals surface area contributed by atoms with E-state index in [1.165, 1.54) is 12.0 Å². The van der Waals surface area contributed by atoms with Gasteiger partial charge in [0.2, 0.25) is 5.95 Å². The maximum atomic E-state index is 12.7. The molecule has 0 saturated carbocycles. The first-order valence-corrected chi connectivity index (χ1v) is 9.93. The first-order valence-electron chi connectivity index (χ1n) is 9.93. The lowest BCUT2D eigenvalue weighted by atomic mass is 10.1. The lowest BCUT2D eigenvalue weighted by molar-refractivity contribution is 0.0718. The molecule has 0 bridgehead atoms. The molecule has 1 amide bonds. The molecule has 0 aliphatic carbocycles. The maximum Gasteiger partial charge on any atom is 0.272 e. The van der Waals surface area contributed by atoms with Crippen LogP contribution < -0.4 is 4.90 Å². The van der Waals surface area contributed by atoms with Crippen molar-refractivity contribution in [3.63, 3.8) is 0 Å². The second-order valence-electron chi connectivity index (χ2n) is 7.34. The molecule has 0 spiro atoms. The molecule has 142 valence electrons. The summed E-state index contributed by atoms with van der Waals surface area (Å²) >= 11 is 0. The number of aromatic nitrogens is 2. The monoisotopic (exact) mass is 365 g/mol. The Bertz CT molecular complexity index is 752. The highest BCUT2D eigenvalue weighted by Crippen LogP contribution is 2.16. The Labute approximate surface area is 160 Å². The van der Waals surface area contributed by atoms with E-state index in [9.17, 15) is 4.79 Å². The summed E-state index contributed by atoms with van der Waals surface area (Å²) in [6, 6.07) is 12.3. The highest BCUT2D eigenvalue weighted by atomic mass is 16.2. The van der Waals surface area contributed by atoms with E-state index in [0.717, 1.165) is 58.7 Å². The van der Waals surface area contributed by atoms with Gasteiger partial charge in [0.05, 0.1) is 0 Å². The Kier molecular flexibility index (Phi) is 5.63. The topological polar surface area (TPSA) is 52.6 Å². The van der Waals surface area contributed by atoms with Gasteiger partial charge in [0.1, 0.15) is 5.69 Å². The van der Waals surface area contributed by atoms with Crippen molar-refractivity contribution in [3.05, 3.63) is 53.9 Å². The summed E-state index contributed by atoms with van der Waals surface area (Å²) < 4.78 is 0. The van der Waals surface area contributed by atoms with Gasteiger partial charge in [-0.1, -0.05) is 30.3 Å². The SMILES string of the molecule is O=C(c1ccnc(N2CCN(Cc3ccccc3)CC2)n1)N1CCCCC1. The van der Waals surface area contributed by atoms with Gasteiger partial charge in [-0.25, -0.2) is 9.97 Å². The van der Waals surface area contributed by atoms with Crippen LogP contribution in [0.3, 0.4) is 0 Å². The third-order valence-electron chi connectivity index (χ3n) is 5.41. The quantitative estimate of drug-likeness (QED) is 0.833. The molecule has 0 atom stereocenters. The molecule has 27 heavy (non-hydrogen) atoms. The first kappa shape index (κ1) is 17.9. The van der Waals surface area contributed by atoms with Crippen LogP contribution in [-0.2, 0) is 6.54 Å². The number of nitrogens with zero attached hydrogens (tertiary/aromatic N) is 5. The van der Waals surface area contributed by atoms with Crippen LogP contribution in [0.2, 0.25) is 0 Å². The van der Waals surface area contributed by atoms with E-state index in [2.05, 4.69) is 50.1 Å². The van der Waals surface area contributed by atoms with E-state index in [1.807, 2.05) is 4.90 Å². The van der Waals surface area contributed by atoms with Crippen molar-refractivity contribution >= 4 is 11.9 Å². The Morgan fingerprint density at radius 3 is 2.37 bits per heavy atom. The van der Waals surface area contributed by atoms with Crippen LogP contribution in [-0.4, -0.2) is 64.9 Å². The first-order chi connectivity index (χ1) is 13.3. The predicted octanol–water partition coefficient (Wildman–Crippen LogP) is 2.42. The van der Waals surface area contributed by atoms with Gasteiger partial charge in [0.25, 0.3) is 5.91 Å². The summed E-state index contributed by atoms with van der Waals surface area (Å²) in [7, 11) is 0. The van der Waals surface area contributed by atoms with E-state index < -0.39 is 0 Å². The number of rotatable bonds is 4. The zero-order valence-corrected chi connectivity index (χ0v) is 15.8. The van der Waals surface area contributed by atoms with Crippen molar-refractivity contribution in [3.8, 4) is 0 Å². The van der Waals surface area contributed by atoms with Crippen molar-refractivity contribution in [1.29, 1.82) is 0 Å². The van der Waals surface area contributed by atoms with Crippen LogP contribution >= 0.6 is 0 Å². The molecule has 3 heterocycles. The van der Waals surface area contributed by atoms with E-state index in [0.29, 0.717) is 11.6 Å². The van der Waals surface area contributed by atoms with Gasteiger partial charge in [0, 0.05) is 52.0 Å². The van der Waals surface area contributed by atoms with E-state index in [-0.39, 0.29) is 5.91 Å². The molecule has 1 aromatic heterocycles. The van der Waals surface area contributed by atoms with Crippen molar-refractivity contribution < 1.29 is 4.79 Å². The molecule has 6 nitrogen and oxygen atoms in total. The van der Waals surface area contributed by atoms with Crippen molar-refractivity contribution in [2.75, 3.05) is 44.2 Å². The number of likely N-dealkylation sites (tertiary alicyclic amines) is 1. The molecular weight excluding hydrogens is 338 g/mol. The second-order valence-corrected chi connectivity index (χ2v) is 7.34. The fourth-order valence-electron chi connectivity index (χ4n) is 3.83. The largest absolute Gasteiger partial charge is 0.338 e. The Hall–Kier alpha value is -2.47. The van der Waals surface area contributed by atoms with Gasteiger partial charge in [-0.05, 0) is 30.9 Å². The smallest absolute Gasteiger partial charge is 0.272 e. The third kappa shape index (κ3) is 4.45. The van der Waals surface area contributed by atoms with Crippen LogP contribution in [0.15, 0.2) is 42.6 Å². The number of anilines is 1. The molecule has 1 aromatic carbocycles. The van der Waals surface area contributed by atoms with Crippen LogP contribution in [0, 0.1) is 0 Å². The van der Waals surface area contributed by atoms with Crippen molar-refractivity contribution in [2.24, 2.45) is 0 Å². The van der Waals surface area contributed by atoms with Crippen LogP contribution in [0.1, 0.15) is 35.3 Å². The zero-order chi connectivity index (χ0) is 18.5. The van der Waals surface area contributed by atoms with Crippen LogP contribution in [0.5, 0.6) is 0 Å². The molecule has 2 aromatic rings. The minimum atomic E-state index is 0.0427. The highest BCUT2D eigenvalue weighted by molar-refractivity contribution is 5.92. The normalized spacial score (nSPS) is 18.5. The second kappa shape index (κ2) is 8.48. The number of piperazine rings is 1. The predicted molar refractivity (Wildman–Crippen MR) is 106 cm³/mol. The lowest BCUT2D eigenvalue weighted by Gasteiger charge is -2.35. The standard InChI is InChI=1S/C21H27N5O/c27-20(25-11-5-2-6-12-25)19-9-10-22-21(23-19)26-15-13-24(14-16-26)17-18-7-3-1-4-8-18/h1,3-4,7-10H,2,5-6,11-17H2. The summed E-state index contributed by atoms with van der Waals surface area (Å²) in [5.74, 6) is 0.721. The summed E-state index contributed by atoms with van der Waals surface area (Å²) in [6.07, 6.45) is 5.11. The van der Waals surface area contributed by atoms with Gasteiger partial charge >= 0.3 is 0 Å². The molecule has 4 rings (SSSR count).